The van der Waals surface area contributed by atoms with E-state index in [9.17, 15) is 9.59 Å². The molecule has 0 saturated heterocycles. The number of rotatable bonds is 8. The van der Waals surface area contributed by atoms with Crippen molar-refractivity contribution in [1.82, 2.24) is 0 Å². The fraction of sp³-hybridized carbons (Fsp3) is 0.500. The van der Waals surface area contributed by atoms with Crippen LogP contribution in [0.5, 0.6) is 0 Å². The summed E-state index contributed by atoms with van der Waals surface area (Å²) in [6.45, 7) is 12.2. The van der Waals surface area contributed by atoms with Gasteiger partial charge in [0.25, 0.3) is 0 Å². The van der Waals surface area contributed by atoms with Gasteiger partial charge in [0.2, 0.25) is 0 Å². The highest BCUT2D eigenvalue weighted by Gasteiger charge is 2.57. The Hall–Kier alpha value is -2.36. The van der Waals surface area contributed by atoms with Crippen molar-refractivity contribution in [3.8, 4) is 0 Å². The zero-order chi connectivity index (χ0) is 20.7. The highest BCUT2D eigenvalue weighted by atomic mass is 16.6. The fourth-order valence-electron chi connectivity index (χ4n) is 4.12. The third kappa shape index (κ3) is 4.54. The first-order chi connectivity index (χ1) is 13.4. The van der Waals surface area contributed by atoms with Gasteiger partial charge >= 0.3 is 11.9 Å². The summed E-state index contributed by atoms with van der Waals surface area (Å²) in [6, 6.07) is 10.1. The zero-order valence-electron chi connectivity index (χ0n) is 17.4. The summed E-state index contributed by atoms with van der Waals surface area (Å²) in [5.74, 6) is -0.657. The summed E-state index contributed by atoms with van der Waals surface area (Å²) in [5, 5.41) is 0. The van der Waals surface area contributed by atoms with Gasteiger partial charge < -0.3 is 9.47 Å². The van der Waals surface area contributed by atoms with Crippen LogP contribution in [0.2, 0.25) is 0 Å². The van der Waals surface area contributed by atoms with E-state index in [-0.39, 0.29) is 25.0 Å². The quantitative estimate of drug-likeness (QED) is 0.357. The van der Waals surface area contributed by atoms with Crippen LogP contribution in [0, 0.1) is 23.2 Å². The molecule has 28 heavy (non-hydrogen) atoms. The molecule has 1 saturated carbocycles. The Balaban J connectivity index is 2.52. The molecule has 1 aromatic rings. The normalized spacial score (nSPS) is 21.4. The van der Waals surface area contributed by atoms with E-state index >= 15 is 0 Å². The van der Waals surface area contributed by atoms with Gasteiger partial charge in [-0.1, -0.05) is 56.3 Å². The van der Waals surface area contributed by atoms with Crippen LogP contribution in [0.4, 0.5) is 0 Å². The third-order valence-corrected chi connectivity index (χ3v) is 5.32. The fourth-order valence-corrected chi connectivity index (χ4v) is 4.12. The highest BCUT2D eigenvalue weighted by molar-refractivity contribution is 6.01. The van der Waals surface area contributed by atoms with Crippen LogP contribution in [-0.4, -0.2) is 25.2 Å². The number of carbonyl (C=O) groups is 2. The van der Waals surface area contributed by atoms with Crippen molar-refractivity contribution in [2.75, 3.05) is 13.2 Å². The number of benzene rings is 1. The number of hydrogen-bond acceptors (Lipinski definition) is 4. The molecule has 0 radical (unpaired) electrons. The van der Waals surface area contributed by atoms with Gasteiger partial charge in [0.15, 0.2) is 5.41 Å². The average molecular weight is 385 g/mol. The van der Waals surface area contributed by atoms with Crippen molar-refractivity contribution in [2.45, 2.75) is 40.5 Å². The topological polar surface area (TPSA) is 52.6 Å². The lowest BCUT2D eigenvalue weighted by atomic mass is 9.81. The van der Waals surface area contributed by atoms with Crippen molar-refractivity contribution in [1.29, 1.82) is 0 Å². The first-order valence-corrected chi connectivity index (χ1v) is 10.1. The predicted molar refractivity (Wildman–Crippen MR) is 111 cm³/mol. The molecule has 1 aromatic carbocycles. The van der Waals surface area contributed by atoms with Crippen LogP contribution in [0.1, 0.15) is 46.1 Å². The van der Waals surface area contributed by atoms with Gasteiger partial charge in [0.1, 0.15) is 0 Å². The summed E-state index contributed by atoms with van der Waals surface area (Å²) in [5.41, 5.74) is 0.980. The number of allylic oxidation sites excluding steroid dienone is 3. The van der Waals surface area contributed by atoms with E-state index in [1.807, 2.05) is 24.3 Å². The van der Waals surface area contributed by atoms with E-state index in [0.29, 0.717) is 18.8 Å². The van der Waals surface area contributed by atoms with Gasteiger partial charge in [-0.3, -0.25) is 9.59 Å². The van der Waals surface area contributed by atoms with E-state index in [0.717, 1.165) is 11.1 Å². The van der Waals surface area contributed by atoms with E-state index in [1.54, 1.807) is 13.8 Å². The summed E-state index contributed by atoms with van der Waals surface area (Å²) in [4.78, 5) is 25.8. The minimum Gasteiger partial charge on any atom is -0.465 e. The molecular formula is C24H32O4. The van der Waals surface area contributed by atoms with Gasteiger partial charge in [-0.2, -0.15) is 0 Å². The smallest absolute Gasteiger partial charge is 0.323 e. The van der Waals surface area contributed by atoms with Crippen molar-refractivity contribution in [3.05, 3.63) is 54.6 Å². The number of carbonyl (C=O) groups excluding carboxylic acids is 2. The lowest BCUT2D eigenvalue weighted by Crippen LogP contribution is -2.40. The van der Waals surface area contributed by atoms with E-state index in [4.69, 9.17) is 9.47 Å². The lowest BCUT2D eigenvalue weighted by molar-refractivity contribution is -0.171. The molecule has 1 aliphatic rings. The summed E-state index contributed by atoms with van der Waals surface area (Å²) >= 11 is 0. The lowest BCUT2D eigenvalue weighted by Gasteiger charge is -2.25. The molecule has 1 fully saturated rings. The van der Waals surface area contributed by atoms with Crippen LogP contribution < -0.4 is 0 Å². The van der Waals surface area contributed by atoms with Crippen molar-refractivity contribution in [2.24, 2.45) is 23.2 Å². The first-order valence-electron chi connectivity index (χ1n) is 10.1. The van der Waals surface area contributed by atoms with E-state index < -0.39 is 17.4 Å². The van der Waals surface area contributed by atoms with Crippen LogP contribution in [-0.2, 0) is 19.1 Å². The van der Waals surface area contributed by atoms with Gasteiger partial charge in [-0.25, -0.2) is 0 Å². The number of ether oxygens (including phenoxy) is 2. The van der Waals surface area contributed by atoms with Crippen molar-refractivity contribution < 1.29 is 19.1 Å². The maximum Gasteiger partial charge on any atom is 0.323 e. The molecule has 2 atom stereocenters. The number of esters is 2. The minimum absolute atomic E-state index is 0.00360. The zero-order valence-corrected chi connectivity index (χ0v) is 17.4. The maximum atomic E-state index is 12.9. The molecule has 0 N–H and O–H groups in total. The average Bonchev–Trinajstić information content (AvgIpc) is 3.08. The van der Waals surface area contributed by atoms with Gasteiger partial charge in [-0.15, -0.1) is 6.58 Å². The molecule has 0 aliphatic heterocycles. The van der Waals surface area contributed by atoms with Crippen LogP contribution in [0.15, 0.2) is 49.1 Å². The summed E-state index contributed by atoms with van der Waals surface area (Å²) in [7, 11) is 0. The molecule has 0 heterocycles. The monoisotopic (exact) mass is 384 g/mol. The molecule has 0 unspecified atom stereocenters. The van der Waals surface area contributed by atoms with Gasteiger partial charge in [0.05, 0.1) is 13.2 Å². The second-order valence-corrected chi connectivity index (χ2v) is 7.67. The Labute approximate surface area is 168 Å². The Morgan fingerprint density at radius 2 is 1.68 bits per heavy atom. The first kappa shape index (κ1) is 21.9. The molecule has 0 bridgehead atoms. The Morgan fingerprint density at radius 1 is 1.11 bits per heavy atom. The molecule has 4 nitrogen and oxygen atoms in total. The molecule has 0 amide bonds. The molecule has 152 valence electrons. The minimum atomic E-state index is -1.28. The molecule has 4 heteroatoms. The molecule has 2 rings (SSSR count). The van der Waals surface area contributed by atoms with Gasteiger partial charge in [-0.05, 0) is 55.6 Å². The SMILES string of the molecule is C=C[C@H]1CC(C(=O)OCC)(C(=O)OCC)C[C@H]1/C(=C\C(C)C)c1ccccc1. The Morgan fingerprint density at radius 3 is 2.14 bits per heavy atom. The number of hydrogen-bond donors (Lipinski definition) is 0. The third-order valence-electron chi connectivity index (χ3n) is 5.32. The standard InChI is InChI=1S/C24H32O4/c1-6-18-15-24(22(25)27-7-2,23(26)28-8-3)16-21(18)20(14-17(4)5)19-12-10-9-11-13-19/h6,9-14,17-18,21H,1,7-8,15-16H2,2-5H3/b20-14-/t18-,21+/m0/s1. The van der Waals surface area contributed by atoms with E-state index in [1.165, 1.54) is 0 Å². The second kappa shape index (κ2) is 9.72. The highest BCUT2D eigenvalue weighted by Crippen LogP contribution is 2.52. The Bertz CT molecular complexity index is 699. The predicted octanol–water partition coefficient (Wildman–Crippen LogP) is 5.05. The van der Waals surface area contributed by atoms with Crippen LogP contribution in [0.3, 0.4) is 0 Å². The Kier molecular flexibility index (Phi) is 7.61. The molecule has 0 spiro atoms. The molecular weight excluding hydrogens is 352 g/mol. The van der Waals surface area contributed by atoms with Crippen LogP contribution >= 0.6 is 0 Å². The van der Waals surface area contributed by atoms with E-state index in [2.05, 4.69) is 38.6 Å². The molecule has 1 aliphatic carbocycles. The molecule has 0 aromatic heterocycles. The van der Waals surface area contributed by atoms with Crippen molar-refractivity contribution >= 4 is 17.5 Å². The van der Waals surface area contributed by atoms with Crippen molar-refractivity contribution in [3.63, 3.8) is 0 Å². The summed E-state index contributed by atoms with van der Waals surface area (Å²) in [6.07, 6.45) is 4.82. The van der Waals surface area contributed by atoms with Crippen LogP contribution in [0.25, 0.3) is 5.57 Å². The van der Waals surface area contributed by atoms with Gasteiger partial charge in [0, 0.05) is 0 Å². The second-order valence-electron chi connectivity index (χ2n) is 7.67. The largest absolute Gasteiger partial charge is 0.465 e. The summed E-state index contributed by atoms with van der Waals surface area (Å²) < 4.78 is 10.6. The maximum absolute atomic E-state index is 12.9.